The maximum Gasteiger partial charge on any atom is 0.262 e. The van der Waals surface area contributed by atoms with Crippen molar-refractivity contribution in [2.24, 2.45) is 7.05 Å². The molecule has 0 unspecified atom stereocenters. The number of methoxy groups -OCH3 is 3. The highest BCUT2D eigenvalue weighted by molar-refractivity contribution is 6.07. The second-order valence-electron chi connectivity index (χ2n) is 6.28. The Balaban J connectivity index is 1.68. The second kappa shape index (κ2) is 8.99. The summed E-state index contributed by atoms with van der Waals surface area (Å²) in [5, 5.41) is 9.61. The molecule has 1 heterocycles. The Hall–Kier alpha value is -4.01. The number of hydrogen-bond donors (Lipinski definition) is 2. The predicted octanol–water partition coefficient (Wildman–Crippen LogP) is 2.95. The summed E-state index contributed by atoms with van der Waals surface area (Å²) < 4.78 is 17.0. The fraction of sp³-hybridized carbons (Fsp3) is 0.190. The van der Waals surface area contributed by atoms with E-state index in [4.69, 9.17) is 14.2 Å². The van der Waals surface area contributed by atoms with Crippen molar-refractivity contribution in [3.8, 4) is 17.4 Å². The summed E-state index contributed by atoms with van der Waals surface area (Å²) in [6.45, 7) is 0. The van der Waals surface area contributed by atoms with E-state index in [0.29, 0.717) is 34.0 Å². The third-order valence-electron chi connectivity index (χ3n) is 4.28. The average Bonchev–Trinajstić information content (AvgIpc) is 3.15. The van der Waals surface area contributed by atoms with Gasteiger partial charge >= 0.3 is 0 Å². The summed E-state index contributed by atoms with van der Waals surface area (Å²) in [5.74, 6) is 0.664. The van der Waals surface area contributed by atoms with Gasteiger partial charge in [0.05, 0.1) is 21.3 Å². The van der Waals surface area contributed by atoms with Gasteiger partial charge in [-0.3, -0.25) is 14.3 Å². The van der Waals surface area contributed by atoms with E-state index in [1.54, 1.807) is 62.8 Å². The molecule has 3 rings (SSSR count). The molecule has 30 heavy (non-hydrogen) atoms. The van der Waals surface area contributed by atoms with Crippen LogP contribution in [0.25, 0.3) is 0 Å². The zero-order valence-corrected chi connectivity index (χ0v) is 17.1. The monoisotopic (exact) mass is 410 g/mol. The molecule has 0 atom stereocenters. The Labute approximate surface area is 173 Å². The van der Waals surface area contributed by atoms with Gasteiger partial charge in [0, 0.05) is 36.2 Å². The van der Waals surface area contributed by atoms with Gasteiger partial charge in [0.1, 0.15) is 5.56 Å². The fourth-order valence-corrected chi connectivity index (χ4v) is 2.80. The minimum atomic E-state index is -0.359. The molecule has 156 valence electrons. The van der Waals surface area contributed by atoms with Gasteiger partial charge in [-0.25, -0.2) is 0 Å². The van der Waals surface area contributed by atoms with Crippen molar-refractivity contribution in [2.75, 3.05) is 32.0 Å². The lowest BCUT2D eigenvalue weighted by Crippen LogP contribution is -2.14. The van der Waals surface area contributed by atoms with Crippen LogP contribution in [-0.2, 0) is 7.05 Å². The van der Waals surface area contributed by atoms with Gasteiger partial charge in [-0.2, -0.15) is 0 Å². The third kappa shape index (κ3) is 4.52. The molecule has 0 fully saturated rings. The molecule has 2 amide bonds. The second-order valence-corrected chi connectivity index (χ2v) is 6.28. The highest BCUT2D eigenvalue weighted by atomic mass is 16.5. The number of nitrogens with one attached hydrogen (secondary N) is 2. The third-order valence-corrected chi connectivity index (χ3v) is 4.28. The molecular formula is C21H22N4O5. The number of ether oxygens (including phenoxy) is 3. The quantitative estimate of drug-likeness (QED) is 0.621. The SMILES string of the molecule is COc1ccc(NC(=O)c2ccc(NC(=O)c3cn(C)nc3OC)cc2)cc1OC. The number of anilines is 2. The molecule has 9 nitrogen and oxygen atoms in total. The Bertz CT molecular complexity index is 1060. The van der Waals surface area contributed by atoms with Crippen molar-refractivity contribution in [1.29, 1.82) is 0 Å². The number of aryl methyl sites for hydroxylation is 1. The number of benzene rings is 2. The first kappa shape index (κ1) is 20.7. The van der Waals surface area contributed by atoms with Crippen LogP contribution in [0.15, 0.2) is 48.7 Å². The summed E-state index contributed by atoms with van der Waals surface area (Å²) in [6.07, 6.45) is 1.57. The van der Waals surface area contributed by atoms with Crippen LogP contribution in [0, 0.1) is 0 Å². The van der Waals surface area contributed by atoms with Crippen molar-refractivity contribution in [3.05, 3.63) is 59.8 Å². The Morgan fingerprint density at radius 1 is 0.833 bits per heavy atom. The van der Waals surface area contributed by atoms with E-state index >= 15 is 0 Å². The van der Waals surface area contributed by atoms with Gasteiger partial charge in [0.2, 0.25) is 5.88 Å². The van der Waals surface area contributed by atoms with Crippen LogP contribution in [0.2, 0.25) is 0 Å². The van der Waals surface area contributed by atoms with Crippen molar-refractivity contribution in [2.45, 2.75) is 0 Å². The van der Waals surface area contributed by atoms with E-state index in [0.717, 1.165) is 0 Å². The van der Waals surface area contributed by atoms with Gasteiger partial charge in [0.15, 0.2) is 11.5 Å². The van der Waals surface area contributed by atoms with Crippen LogP contribution < -0.4 is 24.8 Å². The van der Waals surface area contributed by atoms with Gasteiger partial charge in [0.25, 0.3) is 11.8 Å². The lowest BCUT2D eigenvalue weighted by molar-refractivity contribution is 0.101. The van der Waals surface area contributed by atoms with Gasteiger partial charge in [-0.15, -0.1) is 5.10 Å². The van der Waals surface area contributed by atoms with E-state index in [-0.39, 0.29) is 17.7 Å². The molecule has 0 aliphatic rings. The van der Waals surface area contributed by atoms with Crippen molar-refractivity contribution >= 4 is 23.2 Å². The van der Waals surface area contributed by atoms with Gasteiger partial charge < -0.3 is 24.8 Å². The number of rotatable bonds is 7. The summed E-state index contributed by atoms with van der Waals surface area (Å²) in [5.41, 5.74) is 1.85. The smallest absolute Gasteiger partial charge is 0.262 e. The lowest BCUT2D eigenvalue weighted by Gasteiger charge is -2.11. The molecule has 9 heteroatoms. The van der Waals surface area contributed by atoms with E-state index in [2.05, 4.69) is 15.7 Å². The van der Waals surface area contributed by atoms with Gasteiger partial charge in [-0.05, 0) is 36.4 Å². The Kier molecular flexibility index (Phi) is 6.21. The van der Waals surface area contributed by atoms with Gasteiger partial charge in [-0.1, -0.05) is 0 Å². The molecule has 0 radical (unpaired) electrons. The molecule has 3 aromatic rings. The molecule has 2 N–H and O–H groups in total. The molecule has 0 aliphatic carbocycles. The van der Waals surface area contributed by atoms with Crippen molar-refractivity contribution < 1.29 is 23.8 Å². The highest BCUT2D eigenvalue weighted by Crippen LogP contribution is 2.30. The summed E-state index contributed by atoms with van der Waals surface area (Å²) in [6, 6.07) is 11.6. The van der Waals surface area contributed by atoms with E-state index < -0.39 is 0 Å². The Morgan fingerprint density at radius 2 is 1.47 bits per heavy atom. The largest absolute Gasteiger partial charge is 0.493 e. The first-order valence-electron chi connectivity index (χ1n) is 8.97. The molecule has 0 spiro atoms. The molecule has 0 saturated heterocycles. The number of amides is 2. The number of carbonyl (C=O) groups is 2. The molecule has 0 saturated carbocycles. The number of carbonyl (C=O) groups excluding carboxylic acids is 2. The zero-order chi connectivity index (χ0) is 21.7. The molecule has 1 aromatic heterocycles. The number of nitrogens with zero attached hydrogens (tertiary/aromatic N) is 2. The van der Waals surface area contributed by atoms with E-state index in [1.807, 2.05) is 0 Å². The molecule has 2 aromatic carbocycles. The minimum absolute atomic E-state index is 0.237. The fourth-order valence-electron chi connectivity index (χ4n) is 2.80. The number of hydrogen-bond acceptors (Lipinski definition) is 6. The minimum Gasteiger partial charge on any atom is -0.493 e. The van der Waals surface area contributed by atoms with Crippen LogP contribution in [-0.4, -0.2) is 42.9 Å². The van der Waals surface area contributed by atoms with Crippen molar-refractivity contribution in [1.82, 2.24) is 9.78 Å². The first-order valence-corrected chi connectivity index (χ1v) is 8.97. The summed E-state index contributed by atoms with van der Waals surface area (Å²) >= 11 is 0. The Morgan fingerprint density at radius 3 is 2.10 bits per heavy atom. The molecule has 0 aliphatic heterocycles. The van der Waals surface area contributed by atoms with Crippen LogP contribution in [0.1, 0.15) is 20.7 Å². The predicted molar refractivity (Wildman–Crippen MR) is 112 cm³/mol. The highest BCUT2D eigenvalue weighted by Gasteiger charge is 2.17. The van der Waals surface area contributed by atoms with Crippen LogP contribution in [0.5, 0.6) is 17.4 Å². The van der Waals surface area contributed by atoms with Crippen LogP contribution in [0.3, 0.4) is 0 Å². The normalized spacial score (nSPS) is 10.3. The average molecular weight is 410 g/mol. The topological polar surface area (TPSA) is 104 Å². The maximum atomic E-state index is 12.5. The molecular weight excluding hydrogens is 388 g/mol. The van der Waals surface area contributed by atoms with Crippen LogP contribution in [0.4, 0.5) is 11.4 Å². The lowest BCUT2D eigenvalue weighted by atomic mass is 10.1. The first-order chi connectivity index (χ1) is 14.4. The summed E-state index contributed by atoms with van der Waals surface area (Å²) in [4.78, 5) is 24.9. The standard InChI is InChI=1S/C21H22N4O5/c1-25-12-16(21(24-25)30-4)20(27)22-14-7-5-13(6-8-14)19(26)23-15-9-10-17(28-2)18(11-15)29-3/h5-12H,1-4H3,(H,22,27)(H,23,26). The van der Waals surface area contributed by atoms with E-state index in [9.17, 15) is 9.59 Å². The summed E-state index contributed by atoms with van der Waals surface area (Å²) in [7, 11) is 6.22. The van der Waals surface area contributed by atoms with Crippen molar-refractivity contribution in [3.63, 3.8) is 0 Å². The number of aromatic nitrogens is 2. The van der Waals surface area contributed by atoms with Crippen LogP contribution >= 0.6 is 0 Å². The zero-order valence-electron chi connectivity index (χ0n) is 17.1. The molecule has 0 bridgehead atoms. The van der Waals surface area contributed by atoms with E-state index in [1.165, 1.54) is 18.9 Å². The maximum absolute atomic E-state index is 12.5.